The van der Waals surface area contributed by atoms with E-state index in [2.05, 4.69) is 28.0 Å². The highest BCUT2D eigenvalue weighted by atomic mass is 16.3. The number of nitrogens with zero attached hydrogens (tertiary/aromatic N) is 2. The number of hydrogen-bond acceptors (Lipinski definition) is 3. The third kappa shape index (κ3) is 4.19. The molecule has 0 fully saturated rings. The summed E-state index contributed by atoms with van der Waals surface area (Å²) >= 11 is 0. The van der Waals surface area contributed by atoms with Gasteiger partial charge in [0.05, 0.1) is 24.8 Å². The number of rotatable bonds is 5. The van der Waals surface area contributed by atoms with Crippen LogP contribution in [0.1, 0.15) is 23.6 Å². The molecule has 0 aliphatic rings. The van der Waals surface area contributed by atoms with Gasteiger partial charge in [0.1, 0.15) is 0 Å². The number of hydrogen-bond donors (Lipinski definition) is 0. The maximum Gasteiger partial charge on any atom is 0.0990 e. The molecule has 0 aliphatic heterocycles. The first kappa shape index (κ1) is 15.7. The Labute approximate surface area is 141 Å². The fraction of sp³-hybridized carbons (Fsp3) is 0.0952. The quantitative estimate of drug-likeness (QED) is 0.589. The minimum absolute atomic E-state index is 0.566. The van der Waals surface area contributed by atoms with Crippen LogP contribution in [-0.2, 0) is 6.54 Å². The molecule has 0 bridgehead atoms. The highest BCUT2D eigenvalue weighted by Crippen LogP contribution is 2.19. The van der Waals surface area contributed by atoms with Crippen molar-refractivity contribution in [1.29, 1.82) is 0 Å². The zero-order valence-electron chi connectivity index (χ0n) is 13.5. The average Bonchev–Trinajstić information content (AvgIpc) is 3.15. The van der Waals surface area contributed by atoms with Crippen molar-refractivity contribution in [2.45, 2.75) is 13.5 Å². The number of allylic oxidation sites excluding steroid dienone is 1. The molecular weight excluding hydrogens is 296 g/mol. The molecule has 0 unspecified atom stereocenters. The predicted octanol–water partition coefficient (Wildman–Crippen LogP) is 5.30. The third-order valence-corrected chi connectivity index (χ3v) is 3.59. The number of benzene rings is 2. The molecule has 118 valence electrons. The van der Waals surface area contributed by atoms with Crippen LogP contribution in [-0.4, -0.2) is 12.1 Å². The minimum Gasteiger partial charge on any atom is -0.472 e. The van der Waals surface area contributed by atoms with Gasteiger partial charge in [-0.2, -0.15) is 0 Å². The Morgan fingerprint density at radius 1 is 1.04 bits per heavy atom. The Morgan fingerprint density at radius 3 is 2.62 bits per heavy atom. The standard InChI is InChI=1S/C21H18N2O/c1-17(19-7-3-2-4-8-19)13-23-21-10-6-5-9-20(21)15-22-14-18-11-12-24-16-18/h2-12,14,16H,15H2,1H3. The molecule has 3 nitrogen and oxygen atoms in total. The number of aliphatic imine (C=N–C) groups is 2. The van der Waals surface area contributed by atoms with Crippen LogP contribution in [0.5, 0.6) is 0 Å². The maximum absolute atomic E-state index is 5.03. The fourth-order valence-corrected chi connectivity index (χ4v) is 2.25. The van der Waals surface area contributed by atoms with E-state index in [9.17, 15) is 0 Å². The summed E-state index contributed by atoms with van der Waals surface area (Å²) in [5, 5.41) is 0. The van der Waals surface area contributed by atoms with Gasteiger partial charge in [0.25, 0.3) is 0 Å². The van der Waals surface area contributed by atoms with E-state index >= 15 is 0 Å². The summed E-state index contributed by atoms with van der Waals surface area (Å²) in [7, 11) is 0. The molecule has 24 heavy (non-hydrogen) atoms. The summed E-state index contributed by atoms with van der Waals surface area (Å²) in [6.07, 6.45) is 5.10. The molecule has 3 aromatic rings. The lowest BCUT2D eigenvalue weighted by Gasteiger charge is -2.01. The van der Waals surface area contributed by atoms with E-state index in [-0.39, 0.29) is 0 Å². The second kappa shape index (κ2) is 7.91. The molecule has 0 saturated heterocycles. The highest BCUT2D eigenvalue weighted by Gasteiger charge is 1.99. The average molecular weight is 314 g/mol. The Bertz CT molecular complexity index is 871. The fourth-order valence-electron chi connectivity index (χ4n) is 2.25. The maximum atomic E-state index is 5.03. The summed E-state index contributed by atoms with van der Waals surface area (Å²) in [6.45, 7) is 2.58. The molecular formula is C21H18N2O. The van der Waals surface area contributed by atoms with Crippen LogP contribution in [0.2, 0.25) is 0 Å². The van der Waals surface area contributed by atoms with Gasteiger partial charge in [0.2, 0.25) is 0 Å². The van der Waals surface area contributed by atoms with Crippen LogP contribution in [0.15, 0.2) is 87.6 Å². The molecule has 2 aromatic carbocycles. The highest BCUT2D eigenvalue weighted by molar-refractivity contribution is 5.89. The number of para-hydroxylation sites is 1. The minimum atomic E-state index is 0.566. The van der Waals surface area contributed by atoms with Gasteiger partial charge < -0.3 is 4.42 Å². The smallest absolute Gasteiger partial charge is 0.0990 e. The first-order valence-electron chi connectivity index (χ1n) is 7.78. The second-order valence-corrected chi connectivity index (χ2v) is 5.37. The van der Waals surface area contributed by atoms with Gasteiger partial charge in [0, 0.05) is 17.4 Å². The van der Waals surface area contributed by atoms with Crippen molar-refractivity contribution in [3.63, 3.8) is 0 Å². The summed E-state index contributed by atoms with van der Waals surface area (Å²) in [4.78, 5) is 8.97. The molecule has 3 heteroatoms. The normalized spacial score (nSPS) is 10.5. The van der Waals surface area contributed by atoms with Gasteiger partial charge in [-0.05, 0) is 36.1 Å². The van der Waals surface area contributed by atoms with E-state index in [0.29, 0.717) is 6.54 Å². The molecule has 0 saturated carbocycles. The molecule has 1 aromatic heterocycles. The molecule has 0 N–H and O–H groups in total. The topological polar surface area (TPSA) is 37.9 Å². The predicted molar refractivity (Wildman–Crippen MR) is 99.1 cm³/mol. The lowest BCUT2D eigenvalue weighted by molar-refractivity contribution is 0.567. The van der Waals surface area contributed by atoms with Crippen LogP contribution in [0.4, 0.5) is 5.69 Å². The molecule has 1 heterocycles. The summed E-state index contributed by atoms with van der Waals surface area (Å²) in [5.74, 6) is 3.13. The Kier molecular flexibility index (Phi) is 5.18. The molecule has 0 amide bonds. The van der Waals surface area contributed by atoms with Gasteiger partial charge in [-0.1, -0.05) is 48.5 Å². The first-order chi connectivity index (χ1) is 11.8. The van der Waals surface area contributed by atoms with Gasteiger partial charge >= 0.3 is 0 Å². The lowest BCUT2D eigenvalue weighted by Crippen LogP contribution is -1.84. The van der Waals surface area contributed by atoms with Crippen molar-refractivity contribution in [1.82, 2.24) is 0 Å². The van der Waals surface area contributed by atoms with Gasteiger partial charge in [0.15, 0.2) is 0 Å². The molecule has 3 rings (SSSR count). The zero-order chi connectivity index (χ0) is 16.6. The van der Waals surface area contributed by atoms with E-state index in [1.807, 2.05) is 55.5 Å². The zero-order valence-corrected chi connectivity index (χ0v) is 13.5. The van der Waals surface area contributed by atoms with Crippen molar-refractivity contribution in [3.05, 3.63) is 89.9 Å². The molecule has 0 spiro atoms. The van der Waals surface area contributed by atoms with Crippen LogP contribution < -0.4 is 0 Å². The van der Waals surface area contributed by atoms with Crippen molar-refractivity contribution >= 4 is 23.3 Å². The van der Waals surface area contributed by atoms with E-state index < -0.39 is 0 Å². The SMILES string of the molecule is CC(=C=Nc1ccccc1CN=Cc1ccoc1)c1ccccc1. The van der Waals surface area contributed by atoms with Crippen molar-refractivity contribution in [2.75, 3.05) is 0 Å². The molecule has 0 radical (unpaired) electrons. The van der Waals surface area contributed by atoms with Crippen LogP contribution in [0.25, 0.3) is 5.57 Å². The largest absolute Gasteiger partial charge is 0.472 e. The summed E-state index contributed by atoms with van der Waals surface area (Å²) < 4.78 is 5.03. The Hall–Kier alpha value is -3.16. The second-order valence-electron chi connectivity index (χ2n) is 5.37. The monoisotopic (exact) mass is 314 g/mol. The van der Waals surface area contributed by atoms with Gasteiger partial charge in [-0.3, -0.25) is 4.99 Å². The van der Waals surface area contributed by atoms with E-state index in [1.54, 1.807) is 18.7 Å². The van der Waals surface area contributed by atoms with E-state index in [4.69, 9.17) is 4.42 Å². The summed E-state index contributed by atoms with van der Waals surface area (Å²) in [5.41, 5.74) is 5.03. The lowest BCUT2D eigenvalue weighted by atomic mass is 10.1. The Balaban J connectivity index is 1.80. The van der Waals surface area contributed by atoms with Crippen LogP contribution in [0.3, 0.4) is 0 Å². The van der Waals surface area contributed by atoms with E-state index in [0.717, 1.165) is 28.0 Å². The van der Waals surface area contributed by atoms with Gasteiger partial charge in [-0.15, -0.1) is 0 Å². The van der Waals surface area contributed by atoms with Gasteiger partial charge in [-0.25, -0.2) is 4.99 Å². The molecule has 0 atom stereocenters. The van der Waals surface area contributed by atoms with Crippen molar-refractivity contribution in [3.8, 4) is 0 Å². The Morgan fingerprint density at radius 2 is 1.83 bits per heavy atom. The number of furan rings is 1. The third-order valence-electron chi connectivity index (χ3n) is 3.59. The first-order valence-corrected chi connectivity index (χ1v) is 7.78. The van der Waals surface area contributed by atoms with Crippen molar-refractivity contribution in [2.24, 2.45) is 9.98 Å². The van der Waals surface area contributed by atoms with Crippen LogP contribution >= 0.6 is 0 Å². The van der Waals surface area contributed by atoms with Crippen LogP contribution in [0, 0.1) is 0 Å². The summed E-state index contributed by atoms with van der Waals surface area (Å²) in [6, 6.07) is 20.0. The van der Waals surface area contributed by atoms with Crippen molar-refractivity contribution < 1.29 is 4.42 Å². The van der Waals surface area contributed by atoms with E-state index in [1.165, 1.54) is 0 Å². The molecule has 0 aliphatic carbocycles.